The third-order valence-electron chi connectivity index (χ3n) is 3.81. The molecule has 0 aliphatic heterocycles. The Morgan fingerprint density at radius 2 is 1.95 bits per heavy atom. The first-order valence-electron chi connectivity index (χ1n) is 7.38. The minimum Gasteiger partial charge on any atom is -0.508 e. The number of nitrogens with one attached hydrogen (secondary N) is 1. The molecule has 0 saturated heterocycles. The lowest BCUT2D eigenvalue weighted by Crippen LogP contribution is -2.35. The van der Waals surface area contributed by atoms with E-state index in [0.29, 0.717) is 5.92 Å². The largest absolute Gasteiger partial charge is 0.508 e. The number of carbonyl (C=O) groups is 1. The predicted octanol–water partition coefficient (Wildman–Crippen LogP) is 3.57. The van der Waals surface area contributed by atoms with E-state index in [1.54, 1.807) is 12.1 Å². The number of amides is 1. The highest BCUT2D eigenvalue weighted by Crippen LogP contribution is 2.26. The quantitative estimate of drug-likeness (QED) is 0.816. The number of rotatable bonds is 5. The number of phenols is 1. The summed E-state index contributed by atoms with van der Waals surface area (Å²) in [5.41, 5.74) is 0. The van der Waals surface area contributed by atoms with Gasteiger partial charge < -0.3 is 10.4 Å². The van der Waals surface area contributed by atoms with Crippen molar-refractivity contribution in [2.24, 2.45) is 5.92 Å². The Labute approximate surface area is 125 Å². The minimum atomic E-state index is -0.108. The molecule has 1 aliphatic rings. The first-order valence-corrected chi connectivity index (χ1v) is 8.26. The molecule has 0 heterocycles. The zero-order chi connectivity index (χ0) is 14.4. The van der Waals surface area contributed by atoms with Gasteiger partial charge in [-0.05, 0) is 49.9 Å². The van der Waals surface area contributed by atoms with Gasteiger partial charge in [0.2, 0.25) is 5.91 Å². The molecule has 2 N–H and O–H groups in total. The lowest BCUT2D eigenvalue weighted by Gasteiger charge is -2.22. The van der Waals surface area contributed by atoms with Gasteiger partial charge in [-0.3, -0.25) is 4.79 Å². The van der Waals surface area contributed by atoms with Crippen molar-refractivity contribution in [3.05, 3.63) is 24.3 Å². The number of phenolic OH excluding ortho intramolecular Hbond substituents is 1. The van der Waals surface area contributed by atoms with Gasteiger partial charge in [0.15, 0.2) is 0 Å². The van der Waals surface area contributed by atoms with Crippen molar-refractivity contribution in [1.82, 2.24) is 5.32 Å². The van der Waals surface area contributed by atoms with Crippen LogP contribution in [0.2, 0.25) is 0 Å². The molecule has 110 valence electrons. The summed E-state index contributed by atoms with van der Waals surface area (Å²) in [5.74, 6) is 1.02. The van der Waals surface area contributed by atoms with Crippen LogP contribution in [-0.4, -0.2) is 22.8 Å². The summed E-state index contributed by atoms with van der Waals surface area (Å²) < 4.78 is 0. The molecule has 0 radical (unpaired) electrons. The monoisotopic (exact) mass is 293 g/mol. The van der Waals surface area contributed by atoms with Crippen molar-refractivity contribution >= 4 is 17.7 Å². The van der Waals surface area contributed by atoms with Crippen LogP contribution in [0, 0.1) is 5.92 Å². The van der Waals surface area contributed by atoms with Crippen LogP contribution in [0.4, 0.5) is 0 Å². The Morgan fingerprint density at radius 1 is 1.30 bits per heavy atom. The maximum absolute atomic E-state index is 12.1. The van der Waals surface area contributed by atoms with Crippen LogP contribution in [0.3, 0.4) is 0 Å². The molecule has 1 amide bonds. The fourth-order valence-corrected chi connectivity index (χ4v) is 3.45. The van der Waals surface area contributed by atoms with Crippen LogP contribution < -0.4 is 5.32 Å². The Balaban J connectivity index is 1.75. The van der Waals surface area contributed by atoms with Crippen LogP contribution in [0.15, 0.2) is 29.2 Å². The molecule has 1 aromatic carbocycles. The summed E-state index contributed by atoms with van der Waals surface area (Å²) in [4.78, 5) is 13.1. The number of hydrogen-bond donors (Lipinski definition) is 2. The second kappa shape index (κ2) is 7.58. The zero-order valence-electron chi connectivity index (χ0n) is 12.0. The van der Waals surface area contributed by atoms with Crippen molar-refractivity contribution < 1.29 is 9.90 Å². The van der Waals surface area contributed by atoms with E-state index in [0.717, 1.165) is 11.4 Å². The summed E-state index contributed by atoms with van der Waals surface area (Å²) in [6, 6.07) is 6.97. The molecule has 1 saturated carbocycles. The van der Waals surface area contributed by atoms with Gasteiger partial charge in [0, 0.05) is 11.4 Å². The number of hydrogen-bond acceptors (Lipinski definition) is 3. The van der Waals surface area contributed by atoms with Crippen LogP contribution >= 0.6 is 11.8 Å². The standard InChI is InChI=1S/C16H23NO2S/c1-12(20-15-9-7-14(18)8-10-15)16(19)17-11-13-5-3-2-4-6-13/h7-10,12-13,18H,2-6,11H2,1H3,(H,17,19). The molecule has 1 atom stereocenters. The number of benzene rings is 1. The second-order valence-electron chi connectivity index (χ2n) is 5.50. The van der Waals surface area contributed by atoms with Crippen molar-refractivity contribution in [3.63, 3.8) is 0 Å². The lowest BCUT2D eigenvalue weighted by atomic mass is 9.89. The lowest BCUT2D eigenvalue weighted by molar-refractivity contribution is -0.120. The van der Waals surface area contributed by atoms with Crippen LogP contribution in [0.1, 0.15) is 39.0 Å². The third-order valence-corrected chi connectivity index (χ3v) is 4.92. The smallest absolute Gasteiger partial charge is 0.233 e. The molecule has 1 aliphatic carbocycles. The highest BCUT2D eigenvalue weighted by atomic mass is 32.2. The second-order valence-corrected chi connectivity index (χ2v) is 6.92. The fourth-order valence-electron chi connectivity index (χ4n) is 2.56. The van der Waals surface area contributed by atoms with Gasteiger partial charge in [-0.15, -0.1) is 11.8 Å². The maximum Gasteiger partial charge on any atom is 0.233 e. The van der Waals surface area contributed by atoms with Gasteiger partial charge in [0.1, 0.15) is 5.75 Å². The first kappa shape index (κ1) is 15.2. The fraction of sp³-hybridized carbons (Fsp3) is 0.562. The highest BCUT2D eigenvalue weighted by molar-refractivity contribution is 8.00. The predicted molar refractivity (Wildman–Crippen MR) is 83.0 cm³/mol. The van der Waals surface area contributed by atoms with E-state index in [1.165, 1.54) is 43.9 Å². The molecule has 0 bridgehead atoms. The van der Waals surface area contributed by atoms with Crippen molar-refractivity contribution in [2.45, 2.75) is 49.2 Å². The topological polar surface area (TPSA) is 49.3 Å². The summed E-state index contributed by atoms with van der Waals surface area (Å²) >= 11 is 1.52. The van der Waals surface area contributed by atoms with Gasteiger partial charge in [-0.25, -0.2) is 0 Å². The summed E-state index contributed by atoms with van der Waals surface area (Å²) in [7, 11) is 0. The van der Waals surface area contributed by atoms with Gasteiger partial charge in [-0.1, -0.05) is 19.3 Å². The van der Waals surface area contributed by atoms with E-state index >= 15 is 0 Å². The molecule has 0 aromatic heterocycles. The molecule has 4 heteroatoms. The van der Waals surface area contributed by atoms with E-state index in [-0.39, 0.29) is 16.9 Å². The van der Waals surface area contributed by atoms with Gasteiger partial charge in [0.05, 0.1) is 5.25 Å². The molecule has 1 unspecified atom stereocenters. The van der Waals surface area contributed by atoms with E-state index in [2.05, 4.69) is 5.32 Å². The van der Waals surface area contributed by atoms with Crippen molar-refractivity contribution in [2.75, 3.05) is 6.54 Å². The minimum absolute atomic E-state index is 0.105. The van der Waals surface area contributed by atoms with Crippen molar-refractivity contribution in [1.29, 1.82) is 0 Å². The number of aromatic hydroxyl groups is 1. The van der Waals surface area contributed by atoms with Crippen LogP contribution in [0.5, 0.6) is 5.75 Å². The molecule has 2 rings (SSSR count). The first-order chi connectivity index (χ1) is 9.65. The molecule has 3 nitrogen and oxygen atoms in total. The number of carbonyl (C=O) groups excluding carboxylic acids is 1. The van der Waals surface area contributed by atoms with E-state index in [4.69, 9.17) is 0 Å². The van der Waals surface area contributed by atoms with Gasteiger partial charge in [0.25, 0.3) is 0 Å². The van der Waals surface area contributed by atoms with Gasteiger partial charge in [-0.2, -0.15) is 0 Å². The SMILES string of the molecule is CC(Sc1ccc(O)cc1)C(=O)NCC1CCCCC1. The Morgan fingerprint density at radius 3 is 2.60 bits per heavy atom. The van der Waals surface area contributed by atoms with E-state index in [1.807, 2.05) is 19.1 Å². The zero-order valence-corrected chi connectivity index (χ0v) is 12.8. The average Bonchev–Trinajstić information content (AvgIpc) is 2.48. The molecule has 20 heavy (non-hydrogen) atoms. The summed E-state index contributed by atoms with van der Waals surface area (Å²) in [5, 5.41) is 12.2. The molecular formula is C16H23NO2S. The normalized spacial score (nSPS) is 17.6. The van der Waals surface area contributed by atoms with E-state index in [9.17, 15) is 9.90 Å². The maximum atomic E-state index is 12.1. The molecule has 1 fully saturated rings. The van der Waals surface area contributed by atoms with E-state index < -0.39 is 0 Å². The van der Waals surface area contributed by atoms with Crippen molar-refractivity contribution in [3.8, 4) is 5.75 Å². The highest BCUT2D eigenvalue weighted by Gasteiger charge is 2.18. The Hall–Kier alpha value is -1.16. The summed E-state index contributed by atoms with van der Waals surface area (Å²) in [6.45, 7) is 2.74. The molecule has 1 aromatic rings. The van der Waals surface area contributed by atoms with Crippen LogP contribution in [0.25, 0.3) is 0 Å². The Kier molecular flexibility index (Phi) is 5.77. The Bertz CT molecular complexity index is 427. The summed E-state index contributed by atoms with van der Waals surface area (Å²) in [6.07, 6.45) is 6.45. The average molecular weight is 293 g/mol. The molecule has 0 spiro atoms. The third kappa shape index (κ3) is 4.75. The number of thioether (sulfide) groups is 1. The molecular weight excluding hydrogens is 270 g/mol. The van der Waals surface area contributed by atoms with Gasteiger partial charge >= 0.3 is 0 Å². The van der Waals surface area contributed by atoms with Crippen LogP contribution in [-0.2, 0) is 4.79 Å².